The fraction of sp³-hybridized carbons (Fsp3) is 0.364. The first-order valence-corrected chi connectivity index (χ1v) is 10.1. The molecule has 0 saturated carbocycles. The molecule has 0 atom stereocenters. The summed E-state index contributed by atoms with van der Waals surface area (Å²) in [4.78, 5) is 26.5. The highest BCUT2D eigenvalue weighted by molar-refractivity contribution is 6.30. The van der Waals surface area contributed by atoms with Gasteiger partial charge in [0.1, 0.15) is 11.5 Å². The Hall–Kier alpha value is -2.73. The van der Waals surface area contributed by atoms with Crippen molar-refractivity contribution in [2.45, 2.75) is 25.8 Å². The van der Waals surface area contributed by atoms with Crippen LogP contribution in [-0.2, 0) is 4.79 Å². The number of halogens is 1. The Morgan fingerprint density at radius 1 is 1.00 bits per heavy atom. The Kier molecular flexibility index (Phi) is 7.36. The highest BCUT2D eigenvalue weighted by atomic mass is 35.5. The van der Waals surface area contributed by atoms with E-state index in [-0.39, 0.29) is 24.5 Å². The number of hydrogen-bond donors (Lipinski definition) is 1. The maximum atomic E-state index is 12.5. The number of carbonyl (C=O) groups is 2. The summed E-state index contributed by atoms with van der Waals surface area (Å²) in [5.74, 6) is 1.21. The molecule has 0 unspecified atom stereocenters. The second kappa shape index (κ2) is 10.2. The molecule has 6 nitrogen and oxygen atoms in total. The molecule has 2 aromatic carbocycles. The number of nitrogens with zero attached hydrogens (tertiary/aromatic N) is 1. The van der Waals surface area contributed by atoms with Crippen LogP contribution in [0.2, 0.25) is 5.02 Å². The van der Waals surface area contributed by atoms with E-state index in [9.17, 15) is 9.59 Å². The molecule has 1 aliphatic heterocycles. The fourth-order valence-electron chi connectivity index (χ4n) is 3.22. The van der Waals surface area contributed by atoms with Gasteiger partial charge in [-0.25, -0.2) is 0 Å². The molecule has 0 aliphatic carbocycles. The van der Waals surface area contributed by atoms with E-state index in [2.05, 4.69) is 5.32 Å². The van der Waals surface area contributed by atoms with Gasteiger partial charge in [-0.1, -0.05) is 11.6 Å². The van der Waals surface area contributed by atoms with Gasteiger partial charge in [-0.2, -0.15) is 0 Å². The topological polar surface area (TPSA) is 67.9 Å². The van der Waals surface area contributed by atoms with Gasteiger partial charge < -0.3 is 19.7 Å². The van der Waals surface area contributed by atoms with Gasteiger partial charge in [0.2, 0.25) is 0 Å². The van der Waals surface area contributed by atoms with Crippen LogP contribution in [0, 0.1) is 0 Å². The number of benzene rings is 2. The second-order valence-electron chi connectivity index (χ2n) is 6.83. The van der Waals surface area contributed by atoms with E-state index in [1.165, 1.54) is 0 Å². The summed E-state index contributed by atoms with van der Waals surface area (Å²) in [6.07, 6.45) is 1.43. The summed E-state index contributed by atoms with van der Waals surface area (Å²) in [6, 6.07) is 14.1. The molecule has 0 bridgehead atoms. The van der Waals surface area contributed by atoms with E-state index in [1.807, 2.05) is 24.0 Å². The molecule has 1 N–H and O–H groups in total. The third-order valence-corrected chi connectivity index (χ3v) is 5.00. The number of ether oxygens (including phenoxy) is 2. The van der Waals surface area contributed by atoms with Gasteiger partial charge in [0, 0.05) is 29.7 Å². The molecule has 7 heteroatoms. The number of likely N-dealkylation sites (tertiary alicyclic amines) is 1. The molecule has 0 radical (unpaired) electrons. The number of amides is 2. The highest BCUT2D eigenvalue weighted by Gasteiger charge is 2.24. The zero-order chi connectivity index (χ0) is 20.6. The maximum absolute atomic E-state index is 12.5. The van der Waals surface area contributed by atoms with Crippen molar-refractivity contribution in [3.8, 4) is 11.5 Å². The van der Waals surface area contributed by atoms with Crippen molar-refractivity contribution in [3.63, 3.8) is 0 Å². The molecule has 0 aromatic heterocycles. The summed E-state index contributed by atoms with van der Waals surface area (Å²) < 4.78 is 10.9. The Balaban J connectivity index is 1.40. The molecular weight excluding hydrogens is 392 g/mol. The van der Waals surface area contributed by atoms with E-state index >= 15 is 0 Å². The van der Waals surface area contributed by atoms with Gasteiger partial charge in [-0.3, -0.25) is 9.59 Å². The zero-order valence-electron chi connectivity index (χ0n) is 16.4. The quantitative estimate of drug-likeness (QED) is 0.749. The molecule has 2 aromatic rings. The molecule has 0 spiro atoms. The Morgan fingerprint density at radius 2 is 1.59 bits per heavy atom. The maximum Gasteiger partial charge on any atom is 0.258 e. The molecule has 3 rings (SSSR count). The molecule has 29 heavy (non-hydrogen) atoms. The third-order valence-electron chi connectivity index (χ3n) is 4.74. The molecule has 1 fully saturated rings. The van der Waals surface area contributed by atoms with E-state index in [0.717, 1.165) is 5.75 Å². The monoisotopic (exact) mass is 416 g/mol. The van der Waals surface area contributed by atoms with Gasteiger partial charge >= 0.3 is 0 Å². The van der Waals surface area contributed by atoms with Crippen LogP contribution in [0.25, 0.3) is 0 Å². The van der Waals surface area contributed by atoms with Crippen molar-refractivity contribution in [1.29, 1.82) is 0 Å². The zero-order valence-corrected chi connectivity index (χ0v) is 17.2. The molecular formula is C22H25ClN2O4. The van der Waals surface area contributed by atoms with Crippen molar-refractivity contribution >= 4 is 23.4 Å². The standard InChI is InChI=1S/C22H25ClN2O4/c1-2-28-19-7-9-20(10-8-19)29-15-21(26)24-18-11-13-25(14-12-18)22(27)16-3-5-17(23)6-4-16/h3-10,18H,2,11-15H2,1H3,(H,24,26). The minimum atomic E-state index is -0.165. The normalized spacial score (nSPS) is 14.3. The Labute approximate surface area is 175 Å². The van der Waals surface area contributed by atoms with Crippen LogP contribution in [-0.4, -0.2) is 49.1 Å². The highest BCUT2D eigenvalue weighted by Crippen LogP contribution is 2.18. The van der Waals surface area contributed by atoms with Gasteiger partial charge in [0.05, 0.1) is 6.61 Å². The van der Waals surface area contributed by atoms with Crippen molar-refractivity contribution in [1.82, 2.24) is 10.2 Å². The number of rotatable bonds is 7. The number of nitrogens with one attached hydrogen (secondary N) is 1. The molecule has 1 aliphatic rings. The van der Waals surface area contributed by atoms with E-state index in [1.54, 1.807) is 36.4 Å². The van der Waals surface area contributed by atoms with Crippen molar-refractivity contribution in [2.75, 3.05) is 26.3 Å². The number of hydrogen-bond acceptors (Lipinski definition) is 4. The van der Waals surface area contributed by atoms with Gasteiger partial charge in [-0.05, 0) is 68.3 Å². The summed E-state index contributed by atoms with van der Waals surface area (Å²) >= 11 is 5.87. The first-order valence-electron chi connectivity index (χ1n) is 9.75. The molecule has 2 amide bonds. The lowest BCUT2D eigenvalue weighted by molar-refractivity contribution is -0.124. The minimum absolute atomic E-state index is 0.00900. The van der Waals surface area contributed by atoms with E-state index < -0.39 is 0 Å². The van der Waals surface area contributed by atoms with Crippen LogP contribution in [0.15, 0.2) is 48.5 Å². The number of carbonyl (C=O) groups excluding carboxylic acids is 2. The van der Waals surface area contributed by atoms with Crippen molar-refractivity contribution in [3.05, 3.63) is 59.1 Å². The summed E-state index contributed by atoms with van der Waals surface area (Å²) in [5, 5.41) is 3.59. The lowest BCUT2D eigenvalue weighted by Crippen LogP contribution is -2.47. The van der Waals surface area contributed by atoms with Crippen LogP contribution < -0.4 is 14.8 Å². The van der Waals surface area contributed by atoms with Crippen LogP contribution in [0.1, 0.15) is 30.1 Å². The fourth-order valence-corrected chi connectivity index (χ4v) is 3.34. The third kappa shape index (κ3) is 6.12. The Morgan fingerprint density at radius 3 is 2.17 bits per heavy atom. The largest absolute Gasteiger partial charge is 0.494 e. The summed E-state index contributed by atoms with van der Waals surface area (Å²) in [6.45, 7) is 3.69. The van der Waals surface area contributed by atoms with E-state index in [4.69, 9.17) is 21.1 Å². The second-order valence-corrected chi connectivity index (χ2v) is 7.27. The SMILES string of the molecule is CCOc1ccc(OCC(=O)NC2CCN(C(=O)c3ccc(Cl)cc3)CC2)cc1. The predicted molar refractivity (Wildman–Crippen MR) is 112 cm³/mol. The molecule has 1 saturated heterocycles. The summed E-state index contributed by atoms with van der Waals surface area (Å²) in [7, 11) is 0. The first-order chi connectivity index (χ1) is 14.0. The van der Waals surface area contributed by atoms with Crippen molar-refractivity contribution < 1.29 is 19.1 Å². The van der Waals surface area contributed by atoms with Gasteiger partial charge in [-0.15, -0.1) is 0 Å². The minimum Gasteiger partial charge on any atom is -0.494 e. The molecule has 1 heterocycles. The van der Waals surface area contributed by atoms with Gasteiger partial charge in [0.25, 0.3) is 11.8 Å². The van der Waals surface area contributed by atoms with E-state index in [0.29, 0.717) is 48.9 Å². The molecule has 154 valence electrons. The average molecular weight is 417 g/mol. The van der Waals surface area contributed by atoms with Crippen LogP contribution >= 0.6 is 11.6 Å². The predicted octanol–water partition coefficient (Wildman–Crippen LogP) is 3.54. The van der Waals surface area contributed by atoms with Crippen molar-refractivity contribution in [2.24, 2.45) is 0 Å². The summed E-state index contributed by atoms with van der Waals surface area (Å²) in [5.41, 5.74) is 0.626. The van der Waals surface area contributed by atoms with Crippen LogP contribution in [0.4, 0.5) is 0 Å². The lowest BCUT2D eigenvalue weighted by atomic mass is 10.0. The Bertz CT molecular complexity index is 816. The lowest BCUT2D eigenvalue weighted by Gasteiger charge is -2.32. The van der Waals surface area contributed by atoms with Gasteiger partial charge in [0.15, 0.2) is 6.61 Å². The van der Waals surface area contributed by atoms with Crippen LogP contribution in [0.3, 0.4) is 0 Å². The van der Waals surface area contributed by atoms with Crippen LogP contribution in [0.5, 0.6) is 11.5 Å². The smallest absolute Gasteiger partial charge is 0.258 e. The first kappa shape index (κ1) is 21.0. The number of piperidine rings is 1. The average Bonchev–Trinajstić information content (AvgIpc) is 2.74.